The number of hydrogen-bond acceptors (Lipinski definition) is 1. The van der Waals surface area contributed by atoms with Gasteiger partial charge in [-0.1, -0.05) is 43.4 Å². The predicted molar refractivity (Wildman–Crippen MR) is 83.8 cm³/mol. The van der Waals surface area contributed by atoms with E-state index in [1.807, 2.05) is 26.0 Å². The van der Waals surface area contributed by atoms with Crippen LogP contribution in [-0.2, 0) is 4.79 Å². The lowest BCUT2D eigenvalue weighted by Crippen LogP contribution is -2.20. The molecule has 0 bridgehead atoms. The molecule has 0 saturated heterocycles. The maximum atomic E-state index is 11.6. The van der Waals surface area contributed by atoms with Gasteiger partial charge in [-0.05, 0) is 45.6 Å². The van der Waals surface area contributed by atoms with Gasteiger partial charge in [-0.25, -0.2) is 0 Å². The maximum Gasteiger partial charge on any atom is 0.224 e. The fraction of sp³-hybridized carbons (Fsp3) is 0.471. The Hall–Kier alpha value is -1.57. The molecular weight excluding hydrogens is 234 g/mol. The number of amides is 1. The molecule has 0 atom stereocenters. The predicted octanol–water partition coefficient (Wildman–Crippen LogP) is 4.67. The van der Waals surface area contributed by atoms with E-state index < -0.39 is 0 Å². The van der Waals surface area contributed by atoms with Gasteiger partial charge in [0.2, 0.25) is 5.91 Å². The molecule has 0 aromatic heterocycles. The van der Waals surface area contributed by atoms with E-state index in [1.54, 1.807) is 0 Å². The van der Waals surface area contributed by atoms with Gasteiger partial charge in [-0.3, -0.25) is 4.79 Å². The molecule has 0 aliphatic carbocycles. The fourth-order valence-corrected chi connectivity index (χ4v) is 1.71. The monoisotopic (exact) mass is 261 g/mol. The van der Waals surface area contributed by atoms with Crippen molar-refractivity contribution in [2.24, 2.45) is 0 Å². The fourth-order valence-electron chi connectivity index (χ4n) is 1.71. The Balaban J connectivity index is 4.20. The second-order valence-corrected chi connectivity index (χ2v) is 4.65. The number of rotatable bonds is 8. The van der Waals surface area contributed by atoms with Crippen LogP contribution in [0.15, 0.2) is 47.7 Å². The lowest BCUT2D eigenvalue weighted by Gasteiger charge is -2.05. The number of carbonyl (C=O) groups excluding carboxylic acids is 1. The Morgan fingerprint density at radius 3 is 2.47 bits per heavy atom. The summed E-state index contributed by atoms with van der Waals surface area (Å²) in [6.45, 7) is 11.9. The molecule has 0 aliphatic heterocycles. The number of nitrogens with one attached hydrogen (secondary N) is 1. The first-order valence-electron chi connectivity index (χ1n) is 6.96. The zero-order valence-electron chi connectivity index (χ0n) is 12.8. The van der Waals surface area contributed by atoms with Crippen molar-refractivity contribution in [3.8, 4) is 0 Å². The second kappa shape index (κ2) is 10.4. The zero-order valence-corrected chi connectivity index (χ0v) is 12.8. The molecule has 2 heteroatoms. The van der Waals surface area contributed by atoms with Crippen molar-refractivity contribution in [2.75, 3.05) is 0 Å². The third-order valence-corrected chi connectivity index (χ3v) is 2.84. The van der Waals surface area contributed by atoms with E-state index in [0.717, 1.165) is 25.0 Å². The average molecular weight is 261 g/mol. The van der Waals surface area contributed by atoms with Gasteiger partial charge in [-0.15, -0.1) is 0 Å². The van der Waals surface area contributed by atoms with Gasteiger partial charge < -0.3 is 5.32 Å². The molecule has 0 unspecified atom stereocenters. The van der Waals surface area contributed by atoms with E-state index >= 15 is 0 Å². The maximum absolute atomic E-state index is 11.6. The second-order valence-electron chi connectivity index (χ2n) is 4.65. The van der Waals surface area contributed by atoms with Crippen LogP contribution in [-0.4, -0.2) is 5.91 Å². The van der Waals surface area contributed by atoms with E-state index in [4.69, 9.17) is 0 Å². The lowest BCUT2D eigenvalue weighted by atomic mass is 10.1. The van der Waals surface area contributed by atoms with E-state index in [9.17, 15) is 4.79 Å². The molecule has 0 spiro atoms. The molecule has 0 heterocycles. The molecule has 2 nitrogen and oxygen atoms in total. The molecule has 0 saturated carbocycles. The highest BCUT2D eigenvalue weighted by Crippen LogP contribution is 2.12. The van der Waals surface area contributed by atoms with Crippen molar-refractivity contribution in [3.05, 3.63) is 47.7 Å². The third-order valence-electron chi connectivity index (χ3n) is 2.84. The summed E-state index contributed by atoms with van der Waals surface area (Å²) in [6.07, 6.45) is 11.4. The minimum absolute atomic E-state index is 0.0832. The van der Waals surface area contributed by atoms with Crippen molar-refractivity contribution in [3.63, 3.8) is 0 Å². The number of allylic oxidation sites excluding steroid dienone is 7. The normalized spacial score (nSPS) is 13.4. The Morgan fingerprint density at radius 2 is 1.95 bits per heavy atom. The van der Waals surface area contributed by atoms with E-state index in [-0.39, 0.29) is 5.91 Å². The smallest absolute Gasteiger partial charge is 0.224 e. The summed E-state index contributed by atoms with van der Waals surface area (Å²) in [7, 11) is 0. The van der Waals surface area contributed by atoms with Crippen LogP contribution in [0, 0.1) is 0 Å². The summed E-state index contributed by atoms with van der Waals surface area (Å²) in [4.78, 5) is 11.6. The van der Waals surface area contributed by atoms with Crippen LogP contribution >= 0.6 is 0 Å². The number of hydrogen-bond donors (Lipinski definition) is 1. The van der Waals surface area contributed by atoms with Crippen molar-refractivity contribution in [1.29, 1.82) is 0 Å². The molecule has 0 aromatic carbocycles. The molecule has 1 N–H and O–H groups in total. The summed E-state index contributed by atoms with van der Waals surface area (Å²) in [6, 6.07) is 0. The first kappa shape index (κ1) is 17.4. The quantitative estimate of drug-likeness (QED) is 0.632. The molecule has 1 amide bonds. The van der Waals surface area contributed by atoms with Crippen LogP contribution in [0.4, 0.5) is 0 Å². The Labute approximate surface area is 118 Å². The minimum atomic E-state index is 0.0832. The summed E-state index contributed by atoms with van der Waals surface area (Å²) < 4.78 is 0. The number of carbonyl (C=O) groups is 1. The molecule has 19 heavy (non-hydrogen) atoms. The molecule has 0 radical (unpaired) electrons. The van der Waals surface area contributed by atoms with Crippen molar-refractivity contribution in [2.45, 2.75) is 53.4 Å². The standard InChI is InChI=1S/C17H27NO/c1-6-10-14(4)13-16(8-3)11-9-12-17(19)18-15(5)7-2/h7-8,10,13H,3,6,9,11-12H2,1-2,4-5H3,(H,18,19)/b14-10-,15-7+,16-13+. The highest BCUT2D eigenvalue weighted by Gasteiger charge is 2.02. The molecule has 0 fully saturated rings. The van der Waals surface area contributed by atoms with Gasteiger partial charge >= 0.3 is 0 Å². The van der Waals surface area contributed by atoms with Gasteiger partial charge in [0.05, 0.1) is 0 Å². The van der Waals surface area contributed by atoms with E-state index in [0.29, 0.717) is 6.42 Å². The van der Waals surface area contributed by atoms with E-state index in [2.05, 4.69) is 37.9 Å². The van der Waals surface area contributed by atoms with Crippen molar-refractivity contribution < 1.29 is 4.79 Å². The summed E-state index contributed by atoms with van der Waals surface area (Å²) in [5.74, 6) is 0.0832. The molecule has 0 aromatic rings. The average Bonchev–Trinajstić information content (AvgIpc) is 2.37. The molecular formula is C17H27NO. The molecule has 106 valence electrons. The summed E-state index contributed by atoms with van der Waals surface area (Å²) in [5.41, 5.74) is 3.36. The first-order valence-corrected chi connectivity index (χ1v) is 6.96. The van der Waals surface area contributed by atoms with Crippen molar-refractivity contribution in [1.82, 2.24) is 5.32 Å². The zero-order chi connectivity index (χ0) is 14.7. The third kappa shape index (κ3) is 9.06. The van der Waals surface area contributed by atoms with Crippen LogP contribution in [0.25, 0.3) is 0 Å². The Morgan fingerprint density at radius 1 is 1.26 bits per heavy atom. The van der Waals surface area contributed by atoms with Gasteiger partial charge in [0, 0.05) is 12.1 Å². The van der Waals surface area contributed by atoms with Gasteiger partial charge in [-0.2, -0.15) is 0 Å². The van der Waals surface area contributed by atoms with Crippen LogP contribution in [0.3, 0.4) is 0 Å². The highest BCUT2D eigenvalue weighted by molar-refractivity contribution is 5.77. The lowest BCUT2D eigenvalue weighted by molar-refractivity contribution is -0.120. The minimum Gasteiger partial charge on any atom is -0.330 e. The largest absolute Gasteiger partial charge is 0.330 e. The first-order chi connectivity index (χ1) is 9.03. The van der Waals surface area contributed by atoms with Crippen molar-refractivity contribution >= 4 is 5.91 Å². The SMILES string of the molecule is C=C/C(=C\C(C)=C/CC)CCCC(=O)N/C(C)=C/C. The van der Waals surface area contributed by atoms with Gasteiger partial charge in [0.1, 0.15) is 0 Å². The van der Waals surface area contributed by atoms with Crippen LogP contribution in [0.5, 0.6) is 0 Å². The van der Waals surface area contributed by atoms with Crippen LogP contribution in [0.1, 0.15) is 53.4 Å². The summed E-state index contributed by atoms with van der Waals surface area (Å²) in [5, 5.41) is 2.85. The molecule has 0 aliphatic rings. The van der Waals surface area contributed by atoms with Crippen LogP contribution < -0.4 is 5.32 Å². The topological polar surface area (TPSA) is 29.1 Å². The Bertz CT molecular complexity index is 386. The van der Waals surface area contributed by atoms with Gasteiger partial charge in [0.15, 0.2) is 0 Å². The van der Waals surface area contributed by atoms with E-state index in [1.165, 1.54) is 11.1 Å². The Kier molecular flexibility index (Phi) is 9.51. The highest BCUT2D eigenvalue weighted by atomic mass is 16.1. The molecule has 0 rings (SSSR count). The van der Waals surface area contributed by atoms with Gasteiger partial charge in [0.25, 0.3) is 0 Å². The van der Waals surface area contributed by atoms with Crippen LogP contribution in [0.2, 0.25) is 0 Å². The summed E-state index contributed by atoms with van der Waals surface area (Å²) >= 11 is 0.